The lowest BCUT2D eigenvalue weighted by Gasteiger charge is -2.22. The minimum Gasteiger partial charge on any atom is -0.480 e. The average Bonchev–Trinajstić information content (AvgIpc) is 2.30. The van der Waals surface area contributed by atoms with Gasteiger partial charge in [-0.2, -0.15) is 0 Å². The van der Waals surface area contributed by atoms with Crippen LogP contribution in [0.2, 0.25) is 0 Å². The van der Waals surface area contributed by atoms with E-state index in [1.54, 1.807) is 24.3 Å². The Labute approximate surface area is 99.0 Å². The van der Waals surface area contributed by atoms with Gasteiger partial charge in [0.05, 0.1) is 11.4 Å². The third kappa shape index (κ3) is 3.10. The largest absolute Gasteiger partial charge is 0.480 e. The number of carboxylic acids is 1. The van der Waals surface area contributed by atoms with Crippen molar-refractivity contribution >= 4 is 23.4 Å². The molecule has 0 bridgehead atoms. The zero-order valence-corrected chi connectivity index (χ0v) is 9.68. The second kappa shape index (κ2) is 5.20. The number of rotatable bonds is 3. The average molecular weight is 237 g/mol. The molecule has 1 unspecified atom stereocenters. The van der Waals surface area contributed by atoms with Crippen LogP contribution in [-0.4, -0.2) is 35.1 Å². The highest BCUT2D eigenvalue weighted by atomic mass is 16.4. The standard InChI is InChI=1S/C11H15N3O3/c1-7(10(15)16)14(2)11(17)13-9-6-4-3-5-8(9)12/h3-7H,12H2,1-2H3,(H,13,17)(H,15,16). The number of urea groups is 1. The molecule has 0 heterocycles. The number of nitrogens with zero attached hydrogens (tertiary/aromatic N) is 1. The molecule has 0 fully saturated rings. The number of carbonyl (C=O) groups is 2. The van der Waals surface area contributed by atoms with Gasteiger partial charge in [0.1, 0.15) is 6.04 Å². The second-order valence-electron chi connectivity index (χ2n) is 3.64. The fraction of sp³-hybridized carbons (Fsp3) is 0.273. The molecule has 0 saturated carbocycles. The smallest absolute Gasteiger partial charge is 0.326 e. The van der Waals surface area contributed by atoms with E-state index in [0.29, 0.717) is 11.4 Å². The zero-order valence-electron chi connectivity index (χ0n) is 9.68. The SMILES string of the molecule is CC(C(=O)O)N(C)C(=O)Nc1ccccc1N. The van der Waals surface area contributed by atoms with Crippen molar-refractivity contribution in [1.29, 1.82) is 0 Å². The number of aliphatic carboxylic acids is 1. The summed E-state index contributed by atoms with van der Waals surface area (Å²) in [4.78, 5) is 23.5. The van der Waals surface area contributed by atoms with Crippen molar-refractivity contribution in [2.75, 3.05) is 18.1 Å². The lowest BCUT2D eigenvalue weighted by molar-refractivity contribution is -0.141. The van der Waals surface area contributed by atoms with Crippen LogP contribution in [-0.2, 0) is 4.79 Å². The highest BCUT2D eigenvalue weighted by Gasteiger charge is 2.21. The van der Waals surface area contributed by atoms with E-state index in [1.807, 2.05) is 0 Å². The summed E-state index contributed by atoms with van der Waals surface area (Å²) in [7, 11) is 1.41. The van der Waals surface area contributed by atoms with Gasteiger partial charge in [-0.1, -0.05) is 12.1 Å². The first-order valence-corrected chi connectivity index (χ1v) is 5.04. The molecule has 1 aromatic rings. The van der Waals surface area contributed by atoms with Gasteiger partial charge >= 0.3 is 12.0 Å². The first kappa shape index (κ1) is 12.8. The van der Waals surface area contributed by atoms with E-state index in [4.69, 9.17) is 10.8 Å². The number of para-hydroxylation sites is 2. The summed E-state index contributed by atoms with van der Waals surface area (Å²) in [6.45, 7) is 1.43. The van der Waals surface area contributed by atoms with Crippen molar-refractivity contribution in [1.82, 2.24) is 4.90 Å². The van der Waals surface area contributed by atoms with Crippen molar-refractivity contribution in [2.24, 2.45) is 0 Å². The van der Waals surface area contributed by atoms with Crippen LogP contribution in [0.5, 0.6) is 0 Å². The predicted octanol–water partition coefficient (Wildman–Crippen LogP) is 1.21. The molecule has 0 aliphatic carbocycles. The van der Waals surface area contributed by atoms with Crippen LogP contribution in [0.25, 0.3) is 0 Å². The van der Waals surface area contributed by atoms with Crippen molar-refractivity contribution in [3.05, 3.63) is 24.3 Å². The maximum atomic E-state index is 11.7. The molecule has 4 N–H and O–H groups in total. The number of likely N-dealkylation sites (N-methyl/N-ethyl adjacent to an activating group) is 1. The molecule has 0 aromatic heterocycles. The lowest BCUT2D eigenvalue weighted by atomic mass is 10.2. The van der Waals surface area contributed by atoms with Gasteiger partial charge in [0.2, 0.25) is 0 Å². The van der Waals surface area contributed by atoms with Crippen molar-refractivity contribution in [2.45, 2.75) is 13.0 Å². The number of hydrogen-bond donors (Lipinski definition) is 3. The Bertz CT molecular complexity index is 434. The summed E-state index contributed by atoms with van der Waals surface area (Å²) < 4.78 is 0. The number of carboxylic acid groups (broad SMARTS) is 1. The number of anilines is 2. The topological polar surface area (TPSA) is 95.7 Å². The molecule has 6 heteroatoms. The maximum Gasteiger partial charge on any atom is 0.326 e. The molecule has 0 spiro atoms. The van der Waals surface area contributed by atoms with Gasteiger partial charge in [0.25, 0.3) is 0 Å². The quantitative estimate of drug-likeness (QED) is 0.688. The van der Waals surface area contributed by atoms with E-state index >= 15 is 0 Å². The minimum absolute atomic E-state index is 0.428. The molecule has 1 aromatic carbocycles. The Morgan fingerprint density at radius 3 is 2.53 bits per heavy atom. The normalized spacial score (nSPS) is 11.6. The fourth-order valence-electron chi connectivity index (χ4n) is 1.16. The van der Waals surface area contributed by atoms with Crippen molar-refractivity contribution in [3.8, 4) is 0 Å². The summed E-state index contributed by atoms with van der Waals surface area (Å²) in [5.74, 6) is -1.07. The van der Waals surface area contributed by atoms with Crippen LogP contribution < -0.4 is 11.1 Å². The number of nitrogen functional groups attached to an aromatic ring is 1. The van der Waals surface area contributed by atoms with E-state index in [9.17, 15) is 9.59 Å². The van der Waals surface area contributed by atoms with Crippen LogP contribution in [0.1, 0.15) is 6.92 Å². The van der Waals surface area contributed by atoms with Crippen LogP contribution in [0, 0.1) is 0 Å². The Balaban J connectivity index is 2.73. The van der Waals surface area contributed by atoms with Gasteiger partial charge in [-0.3, -0.25) is 0 Å². The van der Waals surface area contributed by atoms with E-state index in [1.165, 1.54) is 14.0 Å². The molecule has 1 atom stereocenters. The number of nitrogens with two attached hydrogens (primary N) is 1. The summed E-state index contributed by atoms with van der Waals surface area (Å²) in [5.41, 5.74) is 6.54. The molecule has 6 nitrogen and oxygen atoms in total. The van der Waals surface area contributed by atoms with Crippen LogP contribution in [0.15, 0.2) is 24.3 Å². The Hall–Kier alpha value is -2.24. The number of hydrogen-bond acceptors (Lipinski definition) is 3. The summed E-state index contributed by atoms with van der Waals surface area (Å²) in [6.07, 6.45) is 0. The monoisotopic (exact) mass is 237 g/mol. The van der Waals surface area contributed by atoms with Gasteiger partial charge in [-0.05, 0) is 19.1 Å². The predicted molar refractivity (Wildman–Crippen MR) is 64.7 cm³/mol. The van der Waals surface area contributed by atoms with Gasteiger partial charge in [0.15, 0.2) is 0 Å². The highest BCUT2D eigenvalue weighted by molar-refractivity contribution is 5.94. The van der Waals surface area contributed by atoms with Crippen LogP contribution in [0.4, 0.5) is 16.2 Å². The minimum atomic E-state index is -1.07. The number of benzene rings is 1. The maximum absolute atomic E-state index is 11.7. The van der Waals surface area contributed by atoms with Gasteiger partial charge < -0.3 is 21.1 Å². The van der Waals surface area contributed by atoms with E-state index in [2.05, 4.69) is 5.32 Å². The molecule has 92 valence electrons. The third-order valence-electron chi connectivity index (χ3n) is 2.46. The summed E-state index contributed by atoms with van der Waals surface area (Å²) >= 11 is 0. The van der Waals surface area contributed by atoms with E-state index in [0.717, 1.165) is 4.90 Å². The summed E-state index contributed by atoms with van der Waals surface area (Å²) in [6, 6.07) is 5.35. The molecular weight excluding hydrogens is 222 g/mol. The van der Waals surface area contributed by atoms with Gasteiger partial charge in [-0.25, -0.2) is 9.59 Å². The Morgan fingerprint density at radius 1 is 1.41 bits per heavy atom. The summed E-state index contributed by atoms with van der Waals surface area (Å²) in [5, 5.41) is 11.3. The fourth-order valence-corrected chi connectivity index (χ4v) is 1.16. The van der Waals surface area contributed by atoms with Crippen LogP contribution >= 0.6 is 0 Å². The van der Waals surface area contributed by atoms with Crippen molar-refractivity contribution in [3.63, 3.8) is 0 Å². The molecule has 0 aliphatic rings. The van der Waals surface area contributed by atoms with E-state index in [-0.39, 0.29) is 0 Å². The first-order chi connectivity index (χ1) is 7.93. The number of amides is 2. The molecule has 2 amide bonds. The molecule has 17 heavy (non-hydrogen) atoms. The molecule has 1 rings (SSSR count). The molecule has 0 saturated heterocycles. The zero-order chi connectivity index (χ0) is 13.0. The van der Waals surface area contributed by atoms with Crippen LogP contribution in [0.3, 0.4) is 0 Å². The van der Waals surface area contributed by atoms with Gasteiger partial charge in [-0.15, -0.1) is 0 Å². The number of carbonyl (C=O) groups excluding carboxylic acids is 1. The molecular formula is C11H15N3O3. The lowest BCUT2D eigenvalue weighted by Crippen LogP contribution is -2.42. The third-order valence-corrected chi connectivity index (χ3v) is 2.46. The Morgan fingerprint density at radius 2 is 2.00 bits per heavy atom. The molecule has 0 radical (unpaired) electrons. The second-order valence-corrected chi connectivity index (χ2v) is 3.64. The molecule has 0 aliphatic heterocycles. The number of nitrogens with one attached hydrogen (secondary N) is 1. The van der Waals surface area contributed by atoms with Crippen molar-refractivity contribution < 1.29 is 14.7 Å². The van der Waals surface area contributed by atoms with E-state index < -0.39 is 18.0 Å². The highest BCUT2D eigenvalue weighted by Crippen LogP contribution is 2.17. The van der Waals surface area contributed by atoms with Gasteiger partial charge in [0, 0.05) is 7.05 Å². The Kier molecular flexibility index (Phi) is 3.92. The first-order valence-electron chi connectivity index (χ1n) is 5.04.